The zero-order chi connectivity index (χ0) is 25.2. The molecule has 4 aliphatic rings. The van der Waals surface area contributed by atoms with Crippen LogP contribution in [0.1, 0.15) is 39.0 Å². The molecule has 4 heterocycles. The summed E-state index contributed by atoms with van der Waals surface area (Å²) in [5.41, 5.74) is 0. The number of hydrogen-bond acceptors (Lipinski definition) is 7. The molecule has 5 atom stereocenters. The van der Waals surface area contributed by atoms with Gasteiger partial charge >= 0.3 is 5.97 Å². The molecule has 35 heavy (non-hydrogen) atoms. The van der Waals surface area contributed by atoms with Gasteiger partial charge in [0.2, 0.25) is 11.8 Å². The molecular formula is C25H39N3O6S. The summed E-state index contributed by atoms with van der Waals surface area (Å²) < 4.78 is 4.19. The number of morpholine rings is 1. The predicted molar refractivity (Wildman–Crippen MR) is 133 cm³/mol. The molecular weight excluding hydrogens is 470 g/mol. The molecule has 0 aromatic rings. The molecule has 196 valence electrons. The Hall–Kier alpha value is -1.62. The van der Waals surface area contributed by atoms with Gasteiger partial charge in [-0.25, -0.2) is 0 Å². The van der Waals surface area contributed by atoms with Gasteiger partial charge < -0.3 is 24.7 Å². The van der Waals surface area contributed by atoms with Crippen molar-refractivity contribution in [2.45, 2.75) is 54.6 Å². The lowest BCUT2D eigenvalue weighted by Crippen LogP contribution is -2.56. The van der Waals surface area contributed by atoms with Crippen molar-refractivity contribution in [3.8, 4) is 0 Å². The van der Waals surface area contributed by atoms with E-state index < -0.39 is 33.3 Å². The minimum absolute atomic E-state index is 0.0901. The number of carboxylic acids is 1. The fraction of sp³-hybridized carbons (Fsp3) is 0.800. The molecule has 0 saturated carbocycles. The first-order chi connectivity index (χ1) is 16.8. The number of thioether (sulfide) groups is 1. The van der Waals surface area contributed by atoms with Crippen molar-refractivity contribution in [2.75, 3.05) is 59.1 Å². The minimum Gasteiger partial charge on any atom is -0.481 e. The van der Waals surface area contributed by atoms with E-state index in [4.69, 9.17) is 9.84 Å². The van der Waals surface area contributed by atoms with Gasteiger partial charge in [0.1, 0.15) is 6.04 Å². The van der Waals surface area contributed by atoms with Crippen molar-refractivity contribution in [3.05, 3.63) is 12.7 Å². The summed E-state index contributed by atoms with van der Waals surface area (Å²) in [6.07, 6.45) is 5.14. The van der Waals surface area contributed by atoms with Crippen molar-refractivity contribution in [1.82, 2.24) is 14.7 Å². The third-order valence-corrected chi connectivity index (χ3v) is 10.3. The van der Waals surface area contributed by atoms with Crippen LogP contribution < -0.4 is 0 Å². The van der Waals surface area contributed by atoms with Gasteiger partial charge in [-0.1, -0.05) is 6.08 Å². The molecule has 0 radical (unpaired) electrons. The van der Waals surface area contributed by atoms with Crippen LogP contribution in [0.25, 0.3) is 0 Å². The Morgan fingerprint density at radius 3 is 2.63 bits per heavy atom. The first-order valence-electron chi connectivity index (χ1n) is 12.8. The molecule has 4 fully saturated rings. The summed E-state index contributed by atoms with van der Waals surface area (Å²) in [7, 11) is 0. The number of carbonyl (C=O) groups is 3. The minimum atomic E-state index is -0.941. The lowest BCUT2D eigenvalue weighted by atomic mass is 9.66. The summed E-state index contributed by atoms with van der Waals surface area (Å²) in [5.74, 6) is -2.70. The van der Waals surface area contributed by atoms with Crippen molar-refractivity contribution < 1.29 is 29.3 Å². The Morgan fingerprint density at radius 1 is 1.23 bits per heavy atom. The van der Waals surface area contributed by atoms with Crippen LogP contribution in [0.3, 0.4) is 0 Å². The summed E-state index contributed by atoms with van der Waals surface area (Å²) in [6, 6.07) is -0.671. The summed E-state index contributed by atoms with van der Waals surface area (Å²) in [4.78, 5) is 46.1. The number of rotatable bonds is 12. The number of amides is 2. The number of aliphatic carboxylic acids is 1. The van der Waals surface area contributed by atoms with Gasteiger partial charge in [0.25, 0.3) is 0 Å². The number of unbranched alkanes of at least 4 members (excludes halogenated alkanes) is 2. The highest BCUT2D eigenvalue weighted by Gasteiger charge is 2.77. The lowest BCUT2D eigenvalue weighted by Gasteiger charge is -2.38. The zero-order valence-corrected chi connectivity index (χ0v) is 21.5. The van der Waals surface area contributed by atoms with Crippen molar-refractivity contribution in [3.63, 3.8) is 0 Å². The molecule has 9 nitrogen and oxygen atoms in total. The van der Waals surface area contributed by atoms with E-state index in [1.165, 1.54) is 0 Å². The van der Waals surface area contributed by atoms with Gasteiger partial charge in [0.05, 0.1) is 29.8 Å². The van der Waals surface area contributed by atoms with E-state index in [0.29, 0.717) is 58.5 Å². The maximum absolute atomic E-state index is 14.2. The first kappa shape index (κ1) is 26.4. The average Bonchev–Trinajstić information content (AvgIpc) is 3.40. The second-order valence-corrected chi connectivity index (χ2v) is 12.3. The van der Waals surface area contributed by atoms with Gasteiger partial charge in [-0.05, 0) is 39.0 Å². The van der Waals surface area contributed by atoms with E-state index >= 15 is 0 Å². The molecule has 0 aromatic carbocycles. The van der Waals surface area contributed by atoms with E-state index in [1.807, 2.05) is 6.92 Å². The second kappa shape index (κ2) is 10.8. The number of carbonyl (C=O) groups excluding carboxylic acids is 2. The summed E-state index contributed by atoms with van der Waals surface area (Å²) in [6.45, 7) is 11.0. The second-order valence-electron chi connectivity index (χ2n) is 10.4. The molecule has 0 aromatic heterocycles. The van der Waals surface area contributed by atoms with Gasteiger partial charge in [0, 0.05) is 50.6 Å². The molecule has 10 heteroatoms. The van der Waals surface area contributed by atoms with E-state index in [0.717, 1.165) is 26.1 Å². The fourth-order valence-electron chi connectivity index (χ4n) is 6.60. The topological polar surface area (TPSA) is 111 Å². The molecule has 2 amide bonds. The maximum Gasteiger partial charge on any atom is 0.308 e. The maximum atomic E-state index is 14.2. The van der Waals surface area contributed by atoms with Crippen molar-refractivity contribution in [2.24, 2.45) is 11.8 Å². The zero-order valence-electron chi connectivity index (χ0n) is 20.7. The number of fused-ring (bicyclic) bond motifs is 1. The van der Waals surface area contributed by atoms with Crippen LogP contribution in [-0.2, 0) is 19.1 Å². The Morgan fingerprint density at radius 2 is 1.97 bits per heavy atom. The number of likely N-dealkylation sites (tertiary alicyclic amines) is 1. The first-order valence-corrected chi connectivity index (χ1v) is 13.6. The number of hydrogen-bond donors (Lipinski definition) is 2. The molecule has 4 aliphatic heterocycles. The molecule has 2 unspecified atom stereocenters. The Kier molecular flexibility index (Phi) is 8.15. The van der Waals surface area contributed by atoms with E-state index in [2.05, 4.69) is 11.5 Å². The third kappa shape index (κ3) is 4.74. The molecule has 2 bridgehead atoms. The normalized spacial score (nSPS) is 34.3. The highest BCUT2D eigenvalue weighted by Crippen LogP contribution is 2.71. The quantitative estimate of drug-likeness (QED) is 0.297. The van der Waals surface area contributed by atoms with Crippen LogP contribution in [0, 0.1) is 11.8 Å². The number of aliphatic hydroxyl groups excluding tert-OH is 1. The average molecular weight is 510 g/mol. The van der Waals surface area contributed by atoms with Crippen molar-refractivity contribution in [1.29, 1.82) is 0 Å². The van der Waals surface area contributed by atoms with Crippen LogP contribution in [0.5, 0.6) is 0 Å². The van der Waals surface area contributed by atoms with Crippen molar-refractivity contribution >= 4 is 29.5 Å². The predicted octanol–water partition coefficient (Wildman–Crippen LogP) is 1.06. The SMILES string of the molecule is C=CCN(CCN1CCOCC1)C(=O)C1N(CCCCCO)C(=O)[C@@H]2[C@@H](C(=O)O)[C@@]3(C)CCC12S3. The van der Waals surface area contributed by atoms with Gasteiger partial charge in [-0.3, -0.25) is 19.3 Å². The van der Waals surface area contributed by atoms with Crippen LogP contribution in [-0.4, -0.2) is 117 Å². The molecule has 4 rings (SSSR count). The van der Waals surface area contributed by atoms with E-state index in [9.17, 15) is 19.5 Å². The third-order valence-electron chi connectivity index (χ3n) is 8.28. The van der Waals surface area contributed by atoms with Crippen LogP contribution in [0.2, 0.25) is 0 Å². The van der Waals surface area contributed by atoms with Gasteiger partial charge in [0.15, 0.2) is 0 Å². The lowest BCUT2D eigenvalue weighted by molar-refractivity contribution is -0.150. The van der Waals surface area contributed by atoms with Gasteiger partial charge in [-0.15, -0.1) is 18.3 Å². The monoisotopic (exact) mass is 509 g/mol. The number of aliphatic hydroxyl groups is 1. The van der Waals surface area contributed by atoms with E-state index in [-0.39, 0.29) is 18.4 Å². The highest BCUT2D eigenvalue weighted by atomic mass is 32.2. The van der Waals surface area contributed by atoms with Crippen LogP contribution in [0.15, 0.2) is 12.7 Å². The van der Waals surface area contributed by atoms with E-state index in [1.54, 1.807) is 27.6 Å². The largest absolute Gasteiger partial charge is 0.481 e. The number of nitrogens with zero attached hydrogens (tertiary/aromatic N) is 3. The van der Waals surface area contributed by atoms with Crippen LogP contribution >= 0.6 is 11.8 Å². The molecule has 2 N–H and O–H groups in total. The summed E-state index contributed by atoms with van der Waals surface area (Å²) in [5, 5.41) is 19.3. The fourth-order valence-corrected chi connectivity index (χ4v) is 8.94. The molecule has 0 aliphatic carbocycles. The molecule has 1 spiro atoms. The smallest absolute Gasteiger partial charge is 0.308 e. The standard InChI is InChI=1S/C25H39N3O6S/c1-3-9-27(12-11-26-13-16-34-17-14-26)22(31)20-25-8-7-24(2,35-25)19(23(32)33)18(25)21(30)28(20)10-5-4-6-15-29/h3,18-20,29H,1,4-17H2,2H3,(H,32,33)/t18-,19-,20?,24+,25?/m0/s1. The Bertz CT molecular complexity index is 836. The molecule has 4 saturated heterocycles. The van der Waals surface area contributed by atoms with Gasteiger partial charge in [-0.2, -0.15) is 0 Å². The Labute approximate surface area is 211 Å². The number of ether oxygens (including phenoxy) is 1. The summed E-state index contributed by atoms with van der Waals surface area (Å²) >= 11 is 1.57. The Balaban J connectivity index is 1.61. The number of carboxylic acid groups (broad SMARTS) is 1. The highest BCUT2D eigenvalue weighted by molar-refractivity contribution is 8.02. The van der Waals surface area contributed by atoms with Crippen LogP contribution in [0.4, 0.5) is 0 Å².